The highest BCUT2D eigenvalue weighted by atomic mass is 35.5. The molecule has 7 heteroatoms. The van der Waals surface area contributed by atoms with Gasteiger partial charge in [0.15, 0.2) is 0 Å². The molecule has 0 unspecified atom stereocenters. The summed E-state index contributed by atoms with van der Waals surface area (Å²) in [6.45, 7) is 0.139. The second kappa shape index (κ2) is 9.91. The Labute approximate surface area is 181 Å². The van der Waals surface area contributed by atoms with E-state index in [-0.39, 0.29) is 19.0 Å². The number of aliphatic hydroxyl groups is 1. The SMILES string of the molecule is COc1cccc(Nc2nc(Nc3ccc(CCO)cc3)nc3ccccc23)c1.Cl. The first-order valence-corrected chi connectivity index (χ1v) is 9.40. The second-order valence-electron chi connectivity index (χ2n) is 6.57. The maximum Gasteiger partial charge on any atom is 0.229 e. The Morgan fingerprint density at radius 2 is 1.67 bits per heavy atom. The molecule has 6 nitrogen and oxygen atoms in total. The first-order chi connectivity index (χ1) is 14.2. The topological polar surface area (TPSA) is 79.3 Å². The van der Waals surface area contributed by atoms with E-state index in [0.29, 0.717) is 18.2 Å². The number of aromatic nitrogens is 2. The van der Waals surface area contributed by atoms with Gasteiger partial charge in [0.2, 0.25) is 5.95 Å². The summed E-state index contributed by atoms with van der Waals surface area (Å²) in [5, 5.41) is 16.6. The molecule has 0 bridgehead atoms. The Bertz CT molecular complexity index is 1120. The van der Waals surface area contributed by atoms with Crippen molar-refractivity contribution in [3.8, 4) is 5.75 Å². The van der Waals surface area contributed by atoms with E-state index in [2.05, 4.69) is 15.6 Å². The van der Waals surface area contributed by atoms with Crippen molar-refractivity contribution in [2.24, 2.45) is 0 Å². The molecule has 0 radical (unpaired) electrons. The van der Waals surface area contributed by atoms with Crippen molar-refractivity contribution in [2.75, 3.05) is 24.4 Å². The number of nitrogens with zero attached hydrogens (tertiary/aromatic N) is 2. The summed E-state index contributed by atoms with van der Waals surface area (Å²) in [4.78, 5) is 9.33. The summed E-state index contributed by atoms with van der Waals surface area (Å²) in [5.74, 6) is 1.99. The van der Waals surface area contributed by atoms with Gasteiger partial charge in [-0.1, -0.05) is 30.3 Å². The fourth-order valence-electron chi connectivity index (χ4n) is 3.08. The van der Waals surface area contributed by atoms with Crippen LogP contribution in [0.4, 0.5) is 23.1 Å². The molecule has 0 aliphatic heterocycles. The predicted octanol–water partition coefficient (Wildman–Crippen LogP) is 5.08. The van der Waals surface area contributed by atoms with Crippen molar-refractivity contribution in [1.29, 1.82) is 0 Å². The van der Waals surface area contributed by atoms with E-state index >= 15 is 0 Å². The fourth-order valence-corrected chi connectivity index (χ4v) is 3.08. The maximum absolute atomic E-state index is 9.06. The Hall–Kier alpha value is -3.35. The first-order valence-electron chi connectivity index (χ1n) is 9.40. The van der Waals surface area contributed by atoms with Crippen LogP contribution in [0.25, 0.3) is 10.9 Å². The molecule has 0 aliphatic carbocycles. The molecule has 4 aromatic rings. The third-order valence-corrected chi connectivity index (χ3v) is 4.55. The lowest BCUT2D eigenvalue weighted by atomic mass is 10.1. The minimum absolute atomic E-state index is 0. The van der Waals surface area contributed by atoms with Crippen LogP contribution in [0.1, 0.15) is 5.56 Å². The number of ether oxygens (including phenoxy) is 1. The second-order valence-corrected chi connectivity index (χ2v) is 6.57. The molecule has 4 rings (SSSR count). The van der Waals surface area contributed by atoms with Gasteiger partial charge >= 0.3 is 0 Å². The average Bonchev–Trinajstić information content (AvgIpc) is 2.75. The van der Waals surface area contributed by atoms with Gasteiger partial charge in [0.1, 0.15) is 11.6 Å². The first kappa shape index (κ1) is 21.4. The maximum atomic E-state index is 9.06. The highest BCUT2D eigenvalue weighted by molar-refractivity contribution is 5.92. The lowest BCUT2D eigenvalue weighted by Gasteiger charge is -2.13. The minimum Gasteiger partial charge on any atom is -0.497 e. The summed E-state index contributed by atoms with van der Waals surface area (Å²) in [6.07, 6.45) is 0.640. The Balaban J connectivity index is 0.00000256. The summed E-state index contributed by atoms with van der Waals surface area (Å²) in [5.41, 5.74) is 3.69. The van der Waals surface area contributed by atoms with Crippen LogP contribution in [0.15, 0.2) is 72.8 Å². The van der Waals surface area contributed by atoms with Crippen LogP contribution in [-0.4, -0.2) is 28.8 Å². The van der Waals surface area contributed by atoms with Crippen LogP contribution in [0.3, 0.4) is 0 Å². The zero-order valence-electron chi connectivity index (χ0n) is 16.5. The normalized spacial score (nSPS) is 10.3. The fraction of sp³-hybridized carbons (Fsp3) is 0.130. The summed E-state index contributed by atoms with van der Waals surface area (Å²) in [7, 11) is 1.65. The van der Waals surface area contributed by atoms with Gasteiger partial charge < -0.3 is 20.5 Å². The van der Waals surface area contributed by atoms with Crippen molar-refractivity contribution in [1.82, 2.24) is 9.97 Å². The molecule has 0 amide bonds. The third kappa shape index (κ3) is 4.97. The summed E-state index contributed by atoms with van der Waals surface area (Å²) in [6, 6.07) is 23.5. The number of aliphatic hydroxyl groups excluding tert-OH is 1. The van der Waals surface area contributed by atoms with E-state index in [4.69, 9.17) is 14.8 Å². The molecule has 1 aromatic heterocycles. The molecule has 1 heterocycles. The van der Waals surface area contributed by atoms with Gasteiger partial charge in [-0.25, -0.2) is 4.98 Å². The number of hydrogen-bond donors (Lipinski definition) is 3. The number of anilines is 4. The number of nitrogens with one attached hydrogen (secondary N) is 2. The van der Waals surface area contributed by atoms with Crippen LogP contribution < -0.4 is 15.4 Å². The third-order valence-electron chi connectivity index (χ3n) is 4.55. The van der Waals surface area contributed by atoms with E-state index in [0.717, 1.165) is 33.6 Å². The van der Waals surface area contributed by atoms with Crippen LogP contribution >= 0.6 is 12.4 Å². The van der Waals surface area contributed by atoms with Gasteiger partial charge in [-0.2, -0.15) is 4.98 Å². The van der Waals surface area contributed by atoms with E-state index in [1.807, 2.05) is 72.8 Å². The molecule has 0 spiro atoms. The molecular formula is C23H23ClN4O2. The van der Waals surface area contributed by atoms with Crippen LogP contribution in [0.2, 0.25) is 0 Å². The monoisotopic (exact) mass is 422 g/mol. The Morgan fingerprint density at radius 3 is 2.43 bits per heavy atom. The molecule has 30 heavy (non-hydrogen) atoms. The number of methoxy groups -OCH3 is 1. The Morgan fingerprint density at radius 1 is 0.867 bits per heavy atom. The van der Waals surface area contributed by atoms with Crippen LogP contribution in [0.5, 0.6) is 5.75 Å². The average molecular weight is 423 g/mol. The molecule has 0 atom stereocenters. The van der Waals surface area contributed by atoms with Gasteiger partial charge in [0.05, 0.1) is 12.6 Å². The van der Waals surface area contributed by atoms with Gasteiger partial charge in [0, 0.05) is 29.4 Å². The summed E-state index contributed by atoms with van der Waals surface area (Å²) >= 11 is 0. The molecule has 0 saturated carbocycles. The largest absolute Gasteiger partial charge is 0.497 e. The standard InChI is InChI=1S/C23H22N4O2.ClH/c1-29-19-6-4-5-18(15-19)24-22-20-7-2-3-8-21(20)26-23(27-22)25-17-11-9-16(10-12-17)13-14-28;/h2-12,15,28H,13-14H2,1H3,(H2,24,25,26,27);1H. The molecular weight excluding hydrogens is 400 g/mol. The quantitative estimate of drug-likeness (QED) is 0.385. The number of rotatable bonds is 7. The van der Waals surface area contributed by atoms with Crippen LogP contribution in [0, 0.1) is 0 Å². The smallest absolute Gasteiger partial charge is 0.229 e. The van der Waals surface area contributed by atoms with Crippen molar-refractivity contribution in [3.05, 3.63) is 78.4 Å². The van der Waals surface area contributed by atoms with Gasteiger partial charge in [-0.15, -0.1) is 12.4 Å². The number of halogens is 1. The van der Waals surface area contributed by atoms with E-state index in [1.165, 1.54) is 0 Å². The zero-order chi connectivity index (χ0) is 20.1. The summed E-state index contributed by atoms with van der Waals surface area (Å²) < 4.78 is 5.31. The van der Waals surface area contributed by atoms with Crippen LogP contribution in [-0.2, 0) is 6.42 Å². The highest BCUT2D eigenvalue weighted by Gasteiger charge is 2.09. The van der Waals surface area contributed by atoms with Gasteiger partial charge in [-0.05, 0) is 48.4 Å². The van der Waals surface area contributed by atoms with E-state index in [9.17, 15) is 0 Å². The highest BCUT2D eigenvalue weighted by Crippen LogP contribution is 2.27. The number of fused-ring (bicyclic) bond motifs is 1. The minimum atomic E-state index is 0. The number of hydrogen-bond acceptors (Lipinski definition) is 6. The lowest BCUT2D eigenvalue weighted by Crippen LogP contribution is -2.02. The molecule has 0 aliphatic rings. The predicted molar refractivity (Wildman–Crippen MR) is 124 cm³/mol. The van der Waals surface area contributed by atoms with Crippen molar-refractivity contribution in [2.45, 2.75) is 6.42 Å². The molecule has 3 N–H and O–H groups in total. The molecule has 3 aromatic carbocycles. The molecule has 0 fully saturated rings. The van der Waals surface area contributed by atoms with E-state index in [1.54, 1.807) is 7.11 Å². The van der Waals surface area contributed by atoms with E-state index < -0.39 is 0 Å². The number of benzene rings is 3. The molecule has 154 valence electrons. The van der Waals surface area contributed by atoms with Crippen molar-refractivity contribution >= 4 is 46.5 Å². The van der Waals surface area contributed by atoms with Gasteiger partial charge in [0.25, 0.3) is 0 Å². The van der Waals surface area contributed by atoms with Crippen molar-refractivity contribution < 1.29 is 9.84 Å². The van der Waals surface area contributed by atoms with Crippen molar-refractivity contribution in [3.63, 3.8) is 0 Å². The van der Waals surface area contributed by atoms with Gasteiger partial charge in [-0.3, -0.25) is 0 Å². The Kier molecular flexibility index (Phi) is 7.06. The zero-order valence-corrected chi connectivity index (χ0v) is 17.3. The molecule has 0 saturated heterocycles. The number of para-hydroxylation sites is 1. The lowest BCUT2D eigenvalue weighted by molar-refractivity contribution is 0.299.